The van der Waals surface area contributed by atoms with Crippen LogP contribution in [0.15, 0.2) is 5.38 Å². The predicted molar refractivity (Wildman–Crippen MR) is 70.8 cm³/mol. The van der Waals surface area contributed by atoms with Gasteiger partial charge >= 0.3 is 5.97 Å². The fourth-order valence-corrected chi connectivity index (χ4v) is 2.38. The van der Waals surface area contributed by atoms with Crippen molar-refractivity contribution < 1.29 is 9.53 Å². The number of likely N-dealkylation sites (N-methyl/N-ethyl adjacent to an activating group) is 1. The highest BCUT2D eigenvalue weighted by molar-refractivity contribution is 7.13. The number of thiazole rings is 1. The first-order chi connectivity index (χ1) is 8.69. The second-order valence-electron chi connectivity index (χ2n) is 4.16. The smallest absolute Gasteiger partial charge is 0.357 e. The Kier molecular flexibility index (Phi) is 4.51. The maximum Gasteiger partial charge on any atom is 0.357 e. The van der Waals surface area contributed by atoms with Gasteiger partial charge in [0, 0.05) is 31.6 Å². The molecule has 0 radical (unpaired) electrons. The van der Waals surface area contributed by atoms with Crippen molar-refractivity contribution >= 4 is 22.4 Å². The van der Waals surface area contributed by atoms with Crippen LogP contribution in [0.3, 0.4) is 0 Å². The summed E-state index contributed by atoms with van der Waals surface area (Å²) in [5.41, 5.74) is 3.60. The molecule has 1 aliphatic rings. The normalized spacial score (nSPS) is 17.7. The molecule has 0 unspecified atom stereocenters. The second-order valence-corrected chi connectivity index (χ2v) is 5.02. The summed E-state index contributed by atoms with van der Waals surface area (Å²) >= 11 is 1.42. The van der Waals surface area contributed by atoms with Crippen LogP contribution in [0.1, 0.15) is 17.4 Å². The molecule has 1 aromatic heterocycles. The lowest BCUT2D eigenvalue weighted by atomic mass is 10.4. The number of rotatable bonds is 4. The van der Waals surface area contributed by atoms with Crippen molar-refractivity contribution in [3.63, 3.8) is 0 Å². The Morgan fingerprint density at radius 2 is 2.22 bits per heavy atom. The molecule has 6 nitrogen and oxygen atoms in total. The summed E-state index contributed by atoms with van der Waals surface area (Å²) in [5.74, 6) is -0.361. The van der Waals surface area contributed by atoms with Crippen molar-refractivity contribution in [1.29, 1.82) is 0 Å². The van der Waals surface area contributed by atoms with Crippen LogP contribution in [0.5, 0.6) is 0 Å². The zero-order valence-corrected chi connectivity index (χ0v) is 11.5. The van der Waals surface area contributed by atoms with Crippen LogP contribution < -0.4 is 5.43 Å². The third-order valence-corrected chi connectivity index (χ3v) is 3.49. The number of piperazine rings is 1. The Balaban J connectivity index is 1.88. The molecule has 1 fully saturated rings. The van der Waals surface area contributed by atoms with E-state index in [1.165, 1.54) is 11.3 Å². The summed E-state index contributed by atoms with van der Waals surface area (Å²) < 4.78 is 4.90. The Morgan fingerprint density at radius 3 is 2.89 bits per heavy atom. The summed E-state index contributed by atoms with van der Waals surface area (Å²) in [5, 5.41) is 4.58. The molecular weight excluding hydrogens is 252 g/mol. The summed E-state index contributed by atoms with van der Waals surface area (Å²) in [6.45, 7) is 6.12. The summed E-state index contributed by atoms with van der Waals surface area (Å²) in [6, 6.07) is 0. The first-order valence-electron chi connectivity index (χ1n) is 6.02. The maximum absolute atomic E-state index is 11.5. The molecule has 7 heteroatoms. The lowest BCUT2D eigenvalue weighted by Crippen LogP contribution is -2.46. The van der Waals surface area contributed by atoms with E-state index >= 15 is 0 Å². The number of hydrogen-bond donors (Lipinski definition) is 1. The van der Waals surface area contributed by atoms with Crippen LogP contribution in [0, 0.1) is 0 Å². The van der Waals surface area contributed by atoms with Gasteiger partial charge in [0.15, 0.2) is 10.8 Å². The van der Waals surface area contributed by atoms with E-state index in [4.69, 9.17) is 4.74 Å². The van der Waals surface area contributed by atoms with Gasteiger partial charge in [-0.3, -0.25) is 5.43 Å². The SMILES string of the molecule is CCOC(=O)c1csc(NN2CCN(C)CC2)n1. The lowest BCUT2D eigenvalue weighted by molar-refractivity contribution is 0.0520. The average molecular weight is 270 g/mol. The van der Waals surface area contributed by atoms with E-state index in [-0.39, 0.29) is 5.97 Å². The molecule has 2 heterocycles. The largest absolute Gasteiger partial charge is 0.461 e. The number of carbonyl (C=O) groups excluding carboxylic acids is 1. The molecule has 0 aromatic carbocycles. The van der Waals surface area contributed by atoms with Gasteiger partial charge in [0.2, 0.25) is 0 Å². The molecule has 0 bridgehead atoms. The number of anilines is 1. The molecular formula is C11H18N4O2S. The van der Waals surface area contributed by atoms with Crippen molar-refractivity contribution in [3.8, 4) is 0 Å². The number of hydrogen-bond acceptors (Lipinski definition) is 7. The molecule has 0 saturated carbocycles. The van der Waals surface area contributed by atoms with E-state index in [1.807, 2.05) is 0 Å². The van der Waals surface area contributed by atoms with Crippen LogP contribution in [0.25, 0.3) is 0 Å². The highest BCUT2D eigenvalue weighted by atomic mass is 32.1. The number of hydrazine groups is 1. The van der Waals surface area contributed by atoms with Gasteiger partial charge in [-0.2, -0.15) is 0 Å². The van der Waals surface area contributed by atoms with E-state index in [9.17, 15) is 4.79 Å². The number of ether oxygens (including phenoxy) is 1. The number of aromatic nitrogens is 1. The fraction of sp³-hybridized carbons (Fsp3) is 0.636. The highest BCUT2D eigenvalue weighted by Crippen LogP contribution is 2.17. The minimum atomic E-state index is -0.361. The van der Waals surface area contributed by atoms with Gasteiger partial charge in [0.1, 0.15) is 0 Å². The van der Waals surface area contributed by atoms with Crippen molar-refractivity contribution in [1.82, 2.24) is 14.9 Å². The lowest BCUT2D eigenvalue weighted by Gasteiger charge is -2.32. The predicted octanol–water partition coefficient (Wildman–Crippen LogP) is 0.894. The van der Waals surface area contributed by atoms with Crippen LogP contribution in [-0.2, 0) is 4.74 Å². The minimum Gasteiger partial charge on any atom is -0.461 e. The average Bonchev–Trinajstić information content (AvgIpc) is 2.81. The second kappa shape index (κ2) is 6.12. The Hall–Kier alpha value is -1.18. The van der Waals surface area contributed by atoms with Crippen molar-refractivity contribution in [3.05, 3.63) is 11.1 Å². The zero-order chi connectivity index (χ0) is 13.0. The first-order valence-corrected chi connectivity index (χ1v) is 6.90. The van der Waals surface area contributed by atoms with Crippen LogP contribution in [-0.4, -0.2) is 60.7 Å². The fourth-order valence-electron chi connectivity index (χ4n) is 1.68. The quantitative estimate of drug-likeness (QED) is 0.820. The minimum absolute atomic E-state index is 0.361. The van der Waals surface area contributed by atoms with Crippen molar-refractivity contribution in [2.75, 3.05) is 45.3 Å². The monoisotopic (exact) mass is 270 g/mol. The molecule has 1 N–H and O–H groups in total. The first kappa shape index (κ1) is 13.3. The van der Waals surface area contributed by atoms with Gasteiger partial charge in [-0.05, 0) is 14.0 Å². The molecule has 100 valence electrons. The number of carbonyl (C=O) groups is 1. The van der Waals surface area contributed by atoms with Crippen LogP contribution in [0.4, 0.5) is 5.13 Å². The number of nitrogens with one attached hydrogen (secondary N) is 1. The van der Waals surface area contributed by atoms with E-state index < -0.39 is 0 Å². The van der Waals surface area contributed by atoms with Crippen LogP contribution in [0.2, 0.25) is 0 Å². The molecule has 1 saturated heterocycles. The molecule has 2 rings (SSSR count). The summed E-state index contributed by atoms with van der Waals surface area (Å²) in [7, 11) is 2.11. The molecule has 0 spiro atoms. The third-order valence-electron chi connectivity index (χ3n) is 2.75. The number of esters is 1. The molecule has 1 aliphatic heterocycles. The molecule has 0 atom stereocenters. The maximum atomic E-state index is 11.5. The van der Waals surface area contributed by atoms with E-state index in [2.05, 4.69) is 27.4 Å². The van der Waals surface area contributed by atoms with Gasteiger partial charge in [-0.1, -0.05) is 0 Å². The van der Waals surface area contributed by atoms with Crippen molar-refractivity contribution in [2.24, 2.45) is 0 Å². The van der Waals surface area contributed by atoms with E-state index in [0.29, 0.717) is 12.3 Å². The Morgan fingerprint density at radius 1 is 1.50 bits per heavy atom. The summed E-state index contributed by atoms with van der Waals surface area (Å²) in [4.78, 5) is 18.0. The molecule has 1 aromatic rings. The third kappa shape index (κ3) is 3.41. The Labute approximate surface area is 111 Å². The zero-order valence-electron chi connectivity index (χ0n) is 10.7. The summed E-state index contributed by atoms with van der Waals surface area (Å²) in [6.07, 6.45) is 0. The van der Waals surface area contributed by atoms with Crippen LogP contribution >= 0.6 is 11.3 Å². The van der Waals surface area contributed by atoms with Gasteiger partial charge in [0.25, 0.3) is 0 Å². The topological polar surface area (TPSA) is 57.7 Å². The highest BCUT2D eigenvalue weighted by Gasteiger charge is 2.16. The standard InChI is InChI=1S/C11H18N4O2S/c1-3-17-10(16)9-8-18-11(12-9)13-15-6-4-14(2)5-7-15/h8H,3-7H2,1-2H3,(H,12,13). The van der Waals surface area contributed by atoms with Gasteiger partial charge in [0.05, 0.1) is 6.61 Å². The van der Waals surface area contributed by atoms with Gasteiger partial charge in [-0.25, -0.2) is 14.8 Å². The molecule has 0 aliphatic carbocycles. The number of nitrogens with zero attached hydrogens (tertiary/aromatic N) is 3. The van der Waals surface area contributed by atoms with Gasteiger partial charge < -0.3 is 9.64 Å². The van der Waals surface area contributed by atoms with E-state index in [1.54, 1.807) is 12.3 Å². The van der Waals surface area contributed by atoms with E-state index in [0.717, 1.165) is 31.3 Å². The Bertz CT molecular complexity index is 402. The van der Waals surface area contributed by atoms with Crippen molar-refractivity contribution in [2.45, 2.75) is 6.92 Å². The van der Waals surface area contributed by atoms with Gasteiger partial charge in [-0.15, -0.1) is 11.3 Å². The molecule has 18 heavy (non-hydrogen) atoms. The molecule has 0 amide bonds.